The number of halogens is 1. The van der Waals surface area contributed by atoms with Crippen molar-refractivity contribution in [2.24, 2.45) is 5.92 Å². The van der Waals surface area contributed by atoms with E-state index in [1.807, 2.05) is 7.05 Å². The summed E-state index contributed by atoms with van der Waals surface area (Å²) in [5, 5.41) is 0.255. The second-order valence-electron chi connectivity index (χ2n) is 4.94. The molecule has 1 heterocycles. The fourth-order valence-electron chi connectivity index (χ4n) is 2.45. The molecule has 1 fully saturated rings. The number of nitrogen functional groups attached to an aromatic ring is 1. The Hall–Kier alpha value is -1.03. The Labute approximate surface area is 107 Å². The van der Waals surface area contributed by atoms with E-state index in [0.717, 1.165) is 11.7 Å². The molecular formula is C12H19ClN4. The molecule has 0 saturated heterocycles. The van der Waals surface area contributed by atoms with Gasteiger partial charge in [-0.05, 0) is 43.2 Å². The molecule has 0 aliphatic heterocycles. The van der Waals surface area contributed by atoms with Gasteiger partial charge in [0.15, 0.2) is 5.82 Å². The molecule has 0 spiro atoms. The smallest absolute Gasteiger partial charge is 0.224 e. The largest absolute Gasteiger partial charge is 0.394 e. The van der Waals surface area contributed by atoms with Crippen molar-refractivity contribution < 1.29 is 0 Å². The summed E-state index contributed by atoms with van der Waals surface area (Å²) in [6, 6.07) is 0.513. The van der Waals surface area contributed by atoms with Gasteiger partial charge in [0.1, 0.15) is 0 Å². The summed E-state index contributed by atoms with van der Waals surface area (Å²) in [5.74, 6) is 1.59. The zero-order valence-electron chi connectivity index (χ0n) is 10.4. The van der Waals surface area contributed by atoms with Crippen LogP contribution in [0.15, 0.2) is 6.20 Å². The maximum atomic E-state index is 5.90. The molecule has 1 aliphatic rings. The van der Waals surface area contributed by atoms with Gasteiger partial charge in [-0.2, -0.15) is 4.98 Å². The lowest BCUT2D eigenvalue weighted by molar-refractivity contribution is 0.340. The van der Waals surface area contributed by atoms with Gasteiger partial charge in [0.25, 0.3) is 0 Å². The quantitative estimate of drug-likeness (QED) is 0.825. The molecule has 1 aromatic heterocycles. The minimum absolute atomic E-state index is 0.255. The van der Waals surface area contributed by atoms with E-state index in [4.69, 9.17) is 17.3 Å². The fraction of sp³-hybridized carbons (Fsp3) is 0.667. The first-order valence-corrected chi connectivity index (χ1v) is 6.46. The Morgan fingerprint density at radius 1 is 1.35 bits per heavy atom. The summed E-state index contributed by atoms with van der Waals surface area (Å²) in [5.41, 5.74) is 6.49. The Morgan fingerprint density at radius 3 is 2.65 bits per heavy atom. The number of hydrogen-bond acceptors (Lipinski definition) is 4. The number of rotatable bonds is 2. The highest BCUT2D eigenvalue weighted by Gasteiger charge is 2.23. The maximum absolute atomic E-state index is 5.90. The number of hydrogen-bond donors (Lipinski definition) is 1. The predicted molar refractivity (Wildman–Crippen MR) is 71.3 cm³/mol. The van der Waals surface area contributed by atoms with Crippen molar-refractivity contribution >= 4 is 23.1 Å². The Balaban J connectivity index is 2.13. The molecule has 0 aromatic carbocycles. The third-order valence-electron chi connectivity index (χ3n) is 3.63. The second kappa shape index (κ2) is 5.08. The zero-order chi connectivity index (χ0) is 12.4. The highest BCUT2D eigenvalue weighted by atomic mass is 35.5. The van der Waals surface area contributed by atoms with Gasteiger partial charge in [-0.25, -0.2) is 4.98 Å². The maximum Gasteiger partial charge on any atom is 0.224 e. The average molecular weight is 255 g/mol. The van der Waals surface area contributed by atoms with Crippen molar-refractivity contribution in [3.63, 3.8) is 0 Å². The van der Waals surface area contributed by atoms with Crippen molar-refractivity contribution in [1.29, 1.82) is 0 Å². The number of aromatic nitrogens is 2. The second-order valence-corrected chi connectivity index (χ2v) is 5.28. The van der Waals surface area contributed by atoms with Crippen molar-refractivity contribution in [2.75, 3.05) is 17.7 Å². The van der Waals surface area contributed by atoms with E-state index in [1.165, 1.54) is 25.7 Å². The van der Waals surface area contributed by atoms with Gasteiger partial charge in [0.05, 0.1) is 11.9 Å². The summed E-state index contributed by atoms with van der Waals surface area (Å²) < 4.78 is 0. The lowest BCUT2D eigenvalue weighted by Crippen LogP contribution is -2.35. The molecule has 17 heavy (non-hydrogen) atoms. The Kier molecular flexibility index (Phi) is 3.72. The fourth-order valence-corrected chi connectivity index (χ4v) is 2.58. The van der Waals surface area contributed by atoms with Crippen LogP contribution in [-0.2, 0) is 0 Å². The van der Waals surface area contributed by atoms with Crippen molar-refractivity contribution in [1.82, 2.24) is 9.97 Å². The lowest BCUT2D eigenvalue weighted by Gasteiger charge is -2.34. The van der Waals surface area contributed by atoms with Crippen LogP contribution < -0.4 is 10.6 Å². The molecule has 0 amide bonds. The zero-order valence-corrected chi connectivity index (χ0v) is 11.1. The van der Waals surface area contributed by atoms with Crippen molar-refractivity contribution in [3.8, 4) is 0 Å². The lowest BCUT2D eigenvalue weighted by atomic mass is 9.87. The van der Waals surface area contributed by atoms with Crippen molar-refractivity contribution in [3.05, 3.63) is 11.5 Å². The molecule has 0 bridgehead atoms. The molecule has 1 aliphatic carbocycles. The van der Waals surface area contributed by atoms with Gasteiger partial charge in [-0.3, -0.25) is 0 Å². The van der Waals surface area contributed by atoms with Crippen LogP contribution in [-0.4, -0.2) is 23.1 Å². The Morgan fingerprint density at radius 2 is 2.00 bits per heavy atom. The summed E-state index contributed by atoms with van der Waals surface area (Å²) in [6.07, 6.45) is 6.51. The van der Waals surface area contributed by atoms with Crippen LogP contribution in [0.3, 0.4) is 0 Å². The van der Waals surface area contributed by atoms with Crippen LogP contribution in [0.1, 0.15) is 32.6 Å². The average Bonchev–Trinajstić information content (AvgIpc) is 2.32. The topological polar surface area (TPSA) is 55.0 Å². The van der Waals surface area contributed by atoms with Crippen LogP contribution in [0.5, 0.6) is 0 Å². The minimum atomic E-state index is 0.255. The number of nitrogens with zero attached hydrogens (tertiary/aromatic N) is 3. The van der Waals surface area contributed by atoms with Gasteiger partial charge >= 0.3 is 0 Å². The third kappa shape index (κ3) is 2.80. The number of nitrogens with two attached hydrogens (primary N) is 1. The van der Waals surface area contributed by atoms with E-state index in [0.29, 0.717) is 11.7 Å². The molecule has 1 aromatic rings. The van der Waals surface area contributed by atoms with Crippen molar-refractivity contribution in [2.45, 2.75) is 38.6 Å². The third-order valence-corrected chi connectivity index (χ3v) is 3.82. The van der Waals surface area contributed by atoms with Crippen LogP contribution in [0.4, 0.5) is 11.5 Å². The van der Waals surface area contributed by atoms with Crippen LogP contribution in [0, 0.1) is 5.92 Å². The van der Waals surface area contributed by atoms with Crippen LogP contribution >= 0.6 is 11.6 Å². The monoisotopic (exact) mass is 254 g/mol. The molecule has 5 heteroatoms. The molecule has 0 radical (unpaired) electrons. The highest BCUT2D eigenvalue weighted by molar-refractivity contribution is 6.28. The van der Waals surface area contributed by atoms with E-state index in [-0.39, 0.29) is 5.28 Å². The van der Waals surface area contributed by atoms with Gasteiger partial charge in [0.2, 0.25) is 5.28 Å². The van der Waals surface area contributed by atoms with E-state index in [2.05, 4.69) is 21.8 Å². The first kappa shape index (κ1) is 12.4. The molecule has 2 N–H and O–H groups in total. The molecule has 0 unspecified atom stereocenters. The summed E-state index contributed by atoms with van der Waals surface area (Å²) in [6.45, 7) is 2.31. The summed E-state index contributed by atoms with van der Waals surface area (Å²) in [7, 11) is 2.04. The van der Waals surface area contributed by atoms with Gasteiger partial charge in [-0.15, -0.1) is 0 Å². The van der Waals surface area contributed by atoms with Gasteiger partial charge < -0.3 is 10.6 Å². The van der Waals surface area contributed by atoms with E-state index < -0.39 is 0 Å². The molecule has 4 nitrogen and oxygen atoms in total. The Bertz CT molecular complexity index is 388. The normalized spacial score (nSPS) is 24.6. The first-order valence-electron chi connectivity index (χ1n) is 6.08. The van der Waals surface area contributed by atoms with Gasteiger partial charge in [-0.1, -0.05) is 6.92 Å². The summed E-state index contributed by atoms with van der Waals surface area (Å²) in [4.78, 5) is 10.3. The standard InChI is InChI=1S/C12H19ClN4/c1-8-3-5-9(6-4-8)17(2)11-10(14)7-15-12(13)16-11/h7-9H,3-6,14H2,1-2H3. The highest BCUT2D eigenvalue weighted by Crippen LogP contribution is 2.30. The molecule has 2 rings (SSSR count). The van der Waals surface area contributed by atoms with E-state index in [9.17, 15) is 0 Å². The van der Waals surface area contributed by atoms with Gasteiger partial charge in [0, 0.05) is 13.1 Å². The molecular weight excluding hydrogens is 236 g/mol. The minimum Gasteiger partial charge on any atom is -0.394 e. The van der Waals surface area contributed by atoms with Crippen LogP contribution in [0.2, 0.25) is 5.28 Å². The predicted octanol–water partition coefficient (Wildman–Crippen LogP) is 2.73. The van der Waals surface area contributed by atoms with E-state index >= 15 is 0 Å². The SMILES string of the molecule is CC1CCC(N(C)c2nc(Cl)ncc2N)CC1. The number of anilines is 2. The van der Waals surface area contributed by atoms with Crippen LogP contribution in [0.25, 0.3) is 0 Å². The molecule has 94 valence electrons. The first-order chi connectivity index (χ1) is 8.08. The van der Waals surface area contributed by atoms with E-state index in [1.54, 1.807) is 6.20 Å². The molecule has 0 atom stereocenters. The summed E-state index contributed by atoms with van der Waals surface area (Å²) >= 11 is 5.82. The molecule has 1 saturated carbocycles.